The number of aliphatic hydroxyl groups is 2. The number of rotatable bonds is 21. The predicted octanol–water partition coefficient (Wildman–Crippen LogP) is 7.66. The van der Waals surface area contributed by atoms with Crippen LogP contribution in [0.25, 0.3) is 0 Å². The van der Waals surface area contributed by atoms with E-state index in [1.165, 1.54) is 37.5 Å². The second-order valence-corrected chi connectivity index (χ2v) is 25.8. The number of aliphatic imine (C=N–C) groups is 2. The van der Waals surface area contributed by atoms with Crippen LogP contribution in [0.2, 0.25) is 0 Å². The SMILES string of the molecule is C=NCC(C1=CC[C@H]2[C@@H](C1)CC1[C@H]3C(F)=C[C@@H](C4CN=C([C@@H]5CCCN5C(O)C(NC(=O)OC)C5C[C@@H](C)O[C@@H](C)C5)N4)CC3OC(C3=CC[C@H](C4CC4)S3)N12)[C@@](C)(CC)CCCN[C@H](O)[C@@H](NC(=O)OC)C(C)C. The van der Waals surface area contributed by atoms with Gasteiger partial charge in [-0.3, -0.25) is 20.1 Å². The summed E-state index contributed by atoms with van der Waals surface area (Å²) < 4.78 is 40.6. The van der Waals surface area contributed by atoms with E-state index in [4.69, 9.17) is 23.9 Å². The number of amides is 2. The highest BCUT2D eigenvalue weighted by Crippen LogP contribution is 2.57. The second-order valence-electron chi connectivity index (χ2n) is 24.4. The summed E-state index contributed by atoms with van der Waals surface area (Å²) in [5, 5.41) is 36.6. The van der Waals surface area contributed by atoms with Crippen molar-refractivity contribution in [1.82, 2.24) is 31.1 Å². The second kappa shape index (κ2) is 24.5. The number of fused-ring (bicyclic) bond motifs is 5. The third kappa shape index (κ3) is 12.4. The van der Waals surface area contributed by atoms with Crippen molar-refractivity contribution < 1.29 is 43.1 Å². The first kappa shape index (κ1) is 56.6. The zero-order chi connectivity index (χ0) is 53.3. The van der Waals surface area contributed by atoms with Gasteiger partial charge in [0, 0.05) is 47.2 Å². The molecule has 8 unspecified atom stereocenters. The van der Waals surface area contributed by atoms with Crippen molar-refractivity contribution in [2.75, 3.05) is 40.4 Å². The molecule has 9 rings (SSSR count). The van der Waals surface area contributed by atoms with Crippen LogP contribution in [0.1, 0.15) is 131 Å². The molecule has 6 aliphatic heterocycles. The van der Waals surface area contributed by atoms with E-state index < -0.39 is 36.7 Å². The van der Waals surface area contributed by atoms with Crippen LogP contribution in [0, 0.1) is 46.8 Å². The van der Waals surface area contributed by atoms with Crippen molar-refractivity contribution in [3.8, 4) is 0 Å². The van der Waals surface area contributed by atoms with Gasteiger partial charge in [0.05, 0.1) is 69.2 Å². The van der Waals surface area contributed by atoms with Gasteiger partial charge in [-0.05, 0) is 146 Å². The molecular formula is C57H91FN8O8S. The van der Waals surface area contributed by atoms with Crippen LogP contribution in [-0.4, -0.2) is 164 Å². The van der Waals surface area contributed by atoms with Gasteiger partial charge in [0.1, 0.15) is 30.3 Å². The summed E-state index contributed by atoms with van der Waals surface area (Å²) in [6, 6.07) is -1.02. The molecule has 5 fully saturated rings. The number of allylic oxidation sites excluding steroid dienone is 1. The molecule has 16 nitrogen and oxygen atoms in total. The number of carbonyl (C=O) groups is 2. The normalized spacial score (nSPS) is 36.7. The Morgan fingerprint density at radius 2 is 1.77 bits per heavy atom. The van der Waals surface area contributed by atoms with E-state index in [0.29, 0.717) is 43.8 Å². The number of hydrogen-bond donors (Lipinski definition) is 6. The molecule has 6 N–H and O–H groups in total. The molecule has 75 heavy (non-hydrogen) atoms. The Balaban J connectivity index is 0.883. The minimum atomic E-state index is -0.952. The number of halogens is 1. The lowest BCUT2D eigenvalue weighted by atomic mass is 9.65. The number of amidine groups is 1. The van der Waals surface area contributed by atoms with E-state index in [9.17, 15) is 19.8 Å². The Hall–Kier alpha value is -3.10. The standard InChI is InChI=1S/C57H91FN8O8S/c1-10-57(6,20-12-21-60-52(67)49(31(2)3)63-55(69)71-8)39(29-59-7)35-16-17-42-37(25-35)27-44-48-40(58)26-36(28-45(48)74-54(66(42)44)47-19-18-46(75-47)34-14-15-34)41-30-61-51(62-41)43-13-11-22-65(43)53(68)50(64-56(70)72-9)38-23-32(4)73-33(5)24-38/h16,19,26,31-34,36-39,41-46,48-50,52-54,60,67-68H,7,10-15,17-18,20-25,27-30H2,1-6,8-9H3,(H,61,62)(H,63,69)(H,64,70)/t32-,33+,36-,37+,38?,39?,41?,42+,43+,44?,45?,46-,48-,49+,50?,52-,53?,54?,57+/m1/s1. The number of nitrogens with one attached hydrogen (secondary N) is 4. The first-order valence-corrected chi connectivity index (χ1v) is 29.7. The van der Waals surface area contributed by atoms with Gasteiger partial charge in [-0.15, -0.1) is 11.8 Å². The van der Waals surface area contributed by atoms with Crippen molar-refractivity contribution in [1.29, 1.82) is 0 Å². The number of ether oxygens (including phenoxy) is 4. The number of carbonyl (C=O) groups excluding carboxylic acids is 2. The molecule has 4 saturated heterocycles. The fourth-order valence-corrected chi connectivity index (χ4v) is 16.5. The monoisotopic (exact) mass is 1070 g/mol. The molecule has 1 saturated carbocycles. The maximum absolute atomic E-state index is 17.4. The van der Waals surface area contributed by atoms with E-state index in [1.54, 1.807) is 0 Å². The number of nitrogens with zero attached hydrogens (tertiary/aromatic N) is 4. The molecule has 420 valence electrons. The predicted molar refractivity (Wildman–Crippen MR) is 292 cm³/mol. The summed E-state index contributed by atoms with van der Waals surface area (Å²) in [7, 11) is 2.68. The van der Waals surface area contributed by atoms with Gasteiger partial charge in [-0.1, -0.05) is 51.8 Å². The number of likely N-dealkylation sites (tertiary alicyclic amines) is 1. The first-order chi connectivity index (χ1) is 36.0. The molecule has 0 aromatic heterocycles. The smallest absolute Gasteiger partial charge is 0.407 e. The summed E-state index contributed by atoms with van der Waals surface area (Å²) in [4.78, 5) is 40.4. The van der Waals surface area contributed by atoms with Gasteiger partial charge in [0.25, 0.3) is 0 Å². The van der Waals surface area contributed by atoms with Crippen molar-refractivity contribution in [2.45, 2.75) is 210 Å². The molecule has 2 amide bonds. The Kier molecular flexibility index (Phi) is 18.5. The van der Waals surface area contributed by atoms with Crippen molar-refractivity contribution >= 4 is 36.5 Å². The Labute approximate surface area is 450 Å². The lowest BCUT2D eigenvalue weighted by Crippen LogP contribution is -2.60. The van der Waals surface area contributed by atoms with Crippen molar-refractivity contribution in [3.05, 3.63) is 34.5 Å². The maximum Gasteiger partial charge on any atom is 0.407 e. The molecule has 18 heteroatoms. The van der Waals surface area contributed by atoms with E-state index in [1.807, 2.05) is 45.5 Å². The zero-order valence-corrected chi connectivity index (χ0v) is 46.9. The van der Waals surface area contributed by atoms with Crippen molar-refractivity contribution in [3.63, 3.8) is 0 Å². The topological polar surface area (TPSA) is 191 Å². The fraction of sp³-hybridized carbons (Fsp3) is 0.825. The highest BCUT2D eigenvalue weighted by Gasteiger charge is 2.58. The first-order valence-electron chi connectivity index (χ1n) is 28.8. The van der Waals surface area contributed by atoms with Gasteiger partial charge in [0.15, 0.2) is 0 Å². The molecule has 6 heterocycles. The molecule has 3 aliphatic carbocycles. The lowest BCUT2D eigenvalue weighted by Gasteiger charge is -2.51. The largest absolute Gasteiger partial charge is 0.453 e. The number of thioether (sulfide) groups is 1. The number of alkyl carbamates (subject to hydrolysis) is 2. The van der Waals surface area contributed by atoms with Crippen LogP contribution in [-0.2, 0) is 18.9 Å². The van der Waals surface area contributed by atoms with Crippen LogP contribution in [0.4, 0.5) is 14.0 Å². The van der Waals surface area contributed by atoms with Gasteiger partial charge in [-0.2, -0.15) is 0 Å². The Bertz CT molecular complexity index is 2140. The molecule has 0 radical (unpaired) electrons. The maximum atomic E-state index is 17.4. The third-order valence-electron chi connectivity index (χ3n) is 19.3. The van der Waals surface area contributed by atoms with Gasteiger partial charge >= 0.3 is 12.2 Å². The van der Waals surface area contributed by atoms with E-state index in [2.05, 4.69) is 68.8 Å². The van der Waals surface area contributed by atoms with Crippen LogP contribution in [0.5, 0.6) is 0 Å². The van der Waals surface area contributed by atoms with Gasteiger partial charge < -0.3 is 50.1 Å². The van der Waals surface area contributed by atoms with Crippen LogP contribution >= 0.6 is 11.8 Å². The molecule has 0 aromatic carbocycles. The zero-order valence-electron chi connectivity index (χ0n) is 46.1. The molecule has 19 atom stereocenters. The highest BCUT2D eigenvalue weighted by atomic mass is 32.2. The average molecular weight is 1070 g/mol. The number of hydrogen-bond acceptors (Lipinski definition) is 15. The van der Waals surface area contributed by atoms with Crippen molar-refractivity contribution in [2.24, 2.45) is 56.8 Å². The summed E-state index contributed by atoms with van der Waals surface area (Å²) in [6.07, 6.45) is 16.4. The van der Waals surface area contributed by atoms with Crippen LogP contribution < -0.4 is 21.3 Å². The minimum Gasteiger partial charge on any atom is -0.453 e. The number of methoxy groups -OCH3 is 2. The molecule has 0 bridgehead atoms. The highest BCUT2D eigenvalue weighted by molar-refractivity contribution is 8.04. The lowest BCUT2D eigenvalue weighted by molar-refractivity contribution is -0.176. The van der Waals surface area contributed by atoms with E-state index in [0.717, 1.165) is 82.4 Å². The quantitative estimate of drug-likeness (QED) is 0.0285. The van der Waals surface area contributed by atoms with Crippen LogP contribution in [0.3, 0.4) is 0 Å². The molecule has 9 aliphatic rings. The minimum absolute atomic E-state index is 0.00249. The summed E-state index contributed by atoms with van der Waals surface area (Å²) in [5.74, 6) is 1.65. The van der Waals surface area contributed by atoms with E-state index >= 15 is 4.39 Å². The summed E-state index contributed by atoms with van der Waals surface area (Å²) in [6.45, 7) is 19.1. The van der Waals surface area contributed by atoms with Gasteiger partial charge in [0.2, 0.25) is 0 Å². The number of aliphatic hydroxyl groups excluding tert-OH is 2. The Morgan fingerprint density at radius 1 is 1.03 bits per heavy atom. The molecule has 0 aromatic rings. The molecular weight excluding hydrogens is 976 g/mol. The summed E-state index contributed by atoms with van der Waals surface area (Å²) in [5.41, 5.74) is 1.38. The third-order valence-corrected chi connectivity index (χ3v) is 20.8. The molecule has 0 spiro atoms. The summed E-state index contributed by atoms with van der Waals surface area (Å²) >= 11 is 2.02. The fourth-order valence-electron chi connectivity index (χ4n) is 15.0. The van der Waals surface area contributed by atoms with Crippen LogP contribution in [0.15, 0.2) is 44.5 Å². The Morgan fingerprint density at radius 3 is 2.47 bits per heavy atom. The average Bonchev–Trinajstić information content (AvgIpc) is 3.79. The van der Waals surface area contributed by atoms with E-state index in [-0.39, 0.29) is 89.5 Å². The van der Waals surface area contributed by atoms with Gasteiger partial charge in [-0.25, -0.2) is 14.0 Å².